The molecule has 1 fully saturated rings. The molecule has 123 valence electrons. The standard InChI is InChI=1S/C6H12N.C6H8N.2CNS.Cu/c2*1-6-2-4-7-5-3-6;2*2-1-3;/h6H,2-5H2,1H3;2-4H,5H2,1H3;;;/q4*-1;. The second kappa shape index (κ2) is 21.7. The summed E-state index contributed by atoms with van der Waals surface area (Å²) in [6, 6.07) is 0. The van der Waals surface area contributed by atoms with E-state index >= 15 is 0 Å². The van der Waals surface area contributed by atoms with Crippen molar-refractivity contribution in [3.05, 3.63) is 45.4 Å². The summed E-state index contributed by atoms with van der Waals surface area (Å²) in [7, 11) is 0. The van der Waals surface area contributed by atoms with Crippen molar-refractivity contribution in [2.75, 3.05) is 19.6 Å². The quantitative estimate of drug-likeness (QED) is 0.343. The van der Waals surface area contributed by atoms with E-state index in [0.717, 1.165) is 25.6 Å². The molecule has 0 aromatic heterocycles. The van der Waals surface area contributed by atoms with Gasteiger partial charge < -0.3 is 21.5 Å². The average Bonchev–Trinajstić information content (AvgIpc) is 2.43. The summed E-state index contributed by atoms with van der Waals surface area (Å²) >= 11 is 7.40. The predicted molar refractivity (Wildman–Crippen MR) is 94.5 cm³/mol. The summed E-state index contributed by atoms with van der Waals surface area (Å²) in [6.45, 7) is 7.46. The molecule has 0 aromatic carbocycles. The van der Waals surface area contributed by atoms with Crippen LogP contribution >= 0.6 is 24.4 Å². The second-order valence-corrected chi connectivity index (χ2v) is 4.53. The molecule has 0 saturated carbocycles. The van der Waals surface area contributed by atoms with Crippen LogP contribution in [0.4, 0.5) is 0 Å². The van der Waals surface area contributed by atoms with Gasteiger partial charge in [0.2, 0.25) is 0 Å². The fraction of sp³-hybridized carbons (Fsp3) is 0.571. The maximum absolute atomic E-state index is 7.13. The summed E-state index contributed by atoms with van der Waals surface area (Å²) in [5.74, 6) is 0.942. The number of hydrogen-bond donors (Lipinski definition) is 0. The molecule has 7 heteroatoms. The SMILES string of the molecule is CC1=CC[N-]C=C1.CC1CC[N-]CC1.[Cu].[N-]=C=S.[N-]=C=S. The van der Waals surface area contributed by atoms with E-state index in [1.165, 1.54) is 28.7 Å². The third-order valence-electron chi connectivity index (χ3n) is 2.52. The number of hydrogen-bond acceptors (Lipinski definition) is 2. The largest absolute Gasteiger partial charge is 0.753 e. The van der Waals surface area contributed by atoms with Gasteiger partial charge in [0.1, 0.15) is 0 Å². The topological polar surface area (TPSA) is 72.8 Å². The van der Waals surface area contributed by atoms with Crippen LogP contribution in [0.3, 0.4) is 0 Å². The van der Waals surface area contributed by atoms with Gasteiger partial charge in [-0.2, -0.15) is 16.5 Å². The molecule has 21 heavy (non-hydrogen) atoms. The zero-order valence-corrected chi connectivity index (χ0v) is 14.8. The smallest absolute Gasteiger partial charge is 0 e. The number of nitrogens with zero attached hydrogens (tertiary/aromatic N) is 4. The van der Waals surface area contributed by atoms with Gasteiger partial charge in [-0.3, -0.25) is 0 Å². The van der Waals surface area contributed by atoms with E-state index in [2.05, 4.69) is 55.0 Å². The Hall–Kier alpha value is -0.641. The molecule has 0 bridgehead atoms. The molecule has 2 aliphatic heterocycles. The van der Waals surface area contributed by atoms with Gasteiger partial charge in [0.05, 0.1) is 0 Å². The van der Waals surface area contributed by atoms with Crippen molar-refractivity contribution in [2.45, 2.75) is 26.7 Å². The molecular weight excluding hydrogens is 352 g/mol. The first-order valence-electron chi connectivity index (χ1n) is 6.28. The third-order valence-corrected chi connectivity index (χ3v) is 2.52. The van der Waals surface area contributed by atoms with Crippen molar-refractivity contribution < 1.29 is 17.1 Å². The molecule has 1 saturated heterocycles. The van der Waals surface area contributed by atoms with Gasteiger partial charge in [0, 0.05) is 17.1 Å². The van der Waals surface area contributed by atoms with Crippen LogP contribution in [-0.2, 0) is 17.1 Å². The van der Waals surface area contributed by atoms with E-state index < -0.39 is 0 Å². The summed E-state index contributed by atoms with van der Waals surface area (Å²) < 4.78 is 0. The minimum atomic E-state index is 0. The van der Waals surface area contributed by atoms with Crippen LogP contribution in [0.2, 0.25) is 0 Å². The van der Waals surface area contributed by atoms with Crippen LogP contribution in [0.15, 0.2) is 23.9 Å². The molecule has 2 rings (SSSR count). The molecule has 0 N–H and O–H groups in total. The zero-order chi connectivity index (χ0) is 15.6. The monoisotopic (exact) mass is 371 g/mol. The van der Waals surface area contributed by atoms with E-state index in [1.54, 1.807) is 0 Å². The molecule has 2 heterocycles. The molecule has 4 nitrogen and oxygen atoms in total. The van der Waals surface area contributed by atoms with Crippen molar-refractivity contribution in [1.29, 1.82) is 0 Å². The molecule has 0 spiro atoms. The van der Waals surface area contributed by atoms with E-state index in [0.29, 0.717) is 0 Å². The Bertz CT molecular complexity index is 340. The first-order valence-corrected chi connectivity index (χ1v) is 7.09. The normalized spacial score (nSPS) is 15.2. The number of thiocarbonyl (C=S) groups is 2. The third kappa shape index (κ3) is 24.7. The molecule has 0 aromatic rings. The predicted octanol–water partition coefficient (Wildman–Crippen LogP) is 4.94. The molecule has 1 radical (unpaired) electrons. The van der Waals surface area contributed by atoms with E-state index in [9.17, 15) is 0 Å². The van der Waals surface area contributed by atoms with Crippen LogP contribution in [0.1, 0.15) is 26.7 Å². The Kier molecular flexibility index (Phi) is 26.1. The summed E-state index contributed by atoms with van der Waals surface area (Å²) in [6.07, 6.45) is 8.58. The minimum Gasteiger partial charge on any atom is -0.753 e. The van der Waals surface area contributed by atoms with Crippen LogP contribution in [-0.4, -0.2) is 30.0 Å². The summed E-state index contributed by atoms with van der Waals surface area (Å²) in [5, 5.41) is 25.1. The molecule has 0 amide bonds. The van der Waals surface area contributed by atoms with Crippen LogP contribution in [0, 0.1) is 5.92 Å². The van der Waals surface area contributed by atoms with Crippen LogP contribution in [0.5, 0.6) is 0 Å². The zero-order valence-electron chi connectivity index (χ0n) is 12.3. The Morgan fingerprint density at radius 3 is 1.86 bits per heavy atom. The fourth-order valence-electron chi connectivity index (χ4n) is 1.38. The van der Waals surface area contributed by atoms with Gasteiger partial charge in [0.15, 0.2) is 0 Å². The Morgan fingerprint density at radius 2 is 1.67 bits per heavy atom. The van der Waals surface area contributed by atoms with Crippen LogP contribution < -0.4 is 0 Å². The van der Waals surface area contributed by atoms with Gasteiger partial charge >= 0.3 is 0 Å². The number of isothiocyanates is 2. The van der Waals surface area contributed by atoms with Crippen molar-refractivity contribution in [3.63, 3.8) is 0 Å². The van der Waals surface area contributed by atoms with Crippen molar-refractivity contribution >= 4 is 34.8 Å². The first kappa shape index (κ1) is 25.3. The van der Waals surface area contributed by atoms with E-state index in [1.807, 2.05) is 12.3 Å². The van der Waals surface area contributed by atoms with Crippen molar-refractivity contribution in [1.82, 2.24) is 0 Å². The maximum atomic E-state index is 7.13. The Morgan fingerprint density at radius 1 is 1.19 bits per heavy atom. The average molecular weight is 372 g/mol. The van der Waals surface area contributed by atoms with Gasteiger partial charge in [-0.1, -0.05) is 61.9 Å². The van der Waals surface area contributed by atoms with Crippen molar-refractivity contribution in [3.8, 4) is 0 Å². The Balaban J connectivity index is -0.000000220. The van der Waals surface area contributed by atoms with Gasteiger partial charge in [-0.15, -0.1) is 19.6 Å². The van der Waals surface area contributed by atoms with Gasteiger partial charge in [-0.05, 0) is 12.8 Å². The number of allylic oxidation sites excluding steroid dienone is 2. The van der Waals surface area contributed by atoms with E-state index in [-0.39, 0.29) is 17.1 Å². The van der Waals surface area contributed by atoms with Crippen LogP contribution in [0.25, 0.3) is 21.5 Å². The molecule has 0 atom stereocenters. The maximum Gasteiger partial charge on any atom is 0 e. The molecule has 0 unspecified atom stereocenters. The summed E-state index contributed by atoms with van der Waals surface area (Å²) in [4.78, 5) is 0. The van der Waals surface area contributed by atoms with E-state index in [4.69, 9.17) is 10.8 Å². The second-order valence-electron chi connectivity index (χ2n) is 4.16. The van der Waals surface area contributed by atoms with Gasteiger partial charge in [-0.25, -0.2) is 0 Å². The van der Waals surface area contributed by atoms with Gasteiger partial charge in [0.25, 0.3) is 0 Å². The fourth-order valence-corrected chi connectivity index (χ4v) is 1.38. The molecule has 0 aliphatic carbocycles. The molecule has 2 aliphatic rings. The number of rotatable bonds is 0. The minimum absolute atomic E-state index is 0. The number of piperidine rings is 1. The first-order chi connectivity index (χ1) is 9.62. The molecular formula is C14H20CuN4S2-4. The van der Waals surface area contributed by atoms with Crippen molar-refractivity contribution in [2.24, 2.45) is 5.92 Å². The Labute approximate surface area is 149 Å². The summed E-state index contributed by atoms with van der Waals surface area (Å²) in [5.41, 5.74) is 1.31.